The monoisotopic (exact) mass is 259 g/mol. The Morgan fingerprint density at radius 2 is 2.16 bits per heavy atom. The third-order valence-electron chi connectivity index (χ3n) is 4.01. The smallest absolute Gasteiger partial charge is 0.121 e. The minimum absolute atomic E-state index is 0.583. The molecule has 4 heteroatoms. The number of aryl methyl sites for hydroxylation is 1. The Hall–Kier alpha value is -1.55. The maximum Gasteiger partial charge on any atom is 0.121 e. The molecule has 1 aliphatic heterocycles. The van der Waals surface area contributed by atoms with E-state index >= 15 is 0 Å². The summed E-state index contributed by atoms with van der Waals surface area (Å²) in [5.41, 5.74) is 2.27. The van der Waals surface area contributed by atoms with Crippen LogP contribution in [0.5, 0.6) is 5.75 Å². The lowest BCUT2D eigenvalue weighted by molar-refractivity contribution is 0.415. The van der Waals surface area contributed by atoms with Gasteiger partial charge in [-0.1, -0.05) is 0 Å². The van der Waals surface area contributed by atoms with E-state index in [1.807, 2.05) is 12.1 Å². The summed E-state index contributed by atoms with van der Waals surface area (Å²) >= 11 is 0. The third-order valence-corrected chi connectivity index (χ3v) is 4.01. The van der Waals surface area contributed by atoms with Crippen LogP contribution in [0.1, 0.15) is 31.5 Å². The minimum Gasteiger partial charge on any atom is -0.497 e. The minimum atomic E-state index is 0.583. The van der Waals surface area contributed by atoms with Gasteiger partial charge in [-0.25, -0.2) is 4.98 Å². The Kier molecular flexibility index (Phi) is 3.42. The molecule has 0 radical (unpaired) electrons. The number of hydrogen-bond acceptors (Lipinski definition) is 3. The summed E-state index contributed by atoms with van der Waals surface area (Å²) in [5.74, 6) is 2.71. The molecule has 0 atom stereocenters. The average molecular weight is 259 g/mol. The van der Waals surface area contributed by atoms with Crippen molar-refractivity contribution in [3.05, 3.63) is 24.0 Å². The van der Waals surface area contributed by atoms with Crippen molar-refractivity contribution in [2.24, 2.45) is 0 Å². The Bertz CT molecular complexity index is 570. The number of nitrogens with one attached hydrogen (secondary N) is 1. The van der Waals surface area contributed by atoms with E-state index in [1.165, 1.54) is 24.2 Å². The molecule has 0 amide bonds. The van der Waals surface area contributed by atoms with Crippen LogP contribution in [0, 0.1) is 0 Å². The van der Waals surface area contributed by atoms with Crippen molar-refractivity contribution in [2.45, 2.75) is 32.2 Å². The number of fused-ring (bicyclic) bond motifs is 1. The molecular formula is C15H21N3O. The summed E-state index contributed by atoms with van der Waals surface area (Å²) in [7, 11) is 1.70. The molecule has 0 unspecified atom stereocenters. The van der Waals surface area contributed by atoms with Crippen molar-refractivity contribution in [2.75, 3.05) is 20.2 Å². The molecule has 0 spiro atoms. The van der Waals surface area contributed by atoms with Crippen LogP contribution in [0.4, 0.5) is 0 Å². The molecule has 2 heterocycles. The van der Waals surface area contributed by atoms with Crippen molar-refractivity contribution >= 4 is 11.0 Å². The molecule has 1 N–H and O–H groups in total. The topological polar surface area (TPSA) is 39.1 Å². The lowest BCUT2D eigenvalue weighted by Crippen LogP contribution is -2.28. The number of nitrogens with zero attached hydrogens (tertiary/aromatic N) is 2. The van der Waals surface area contributed by atoms with E-state index in [9.17, 15) is 0 Å². The third kappa shape index (κ3) is 2.21. The van der Waals surface area contributed by atoms with Gasteiger partial charge in [-0.3, -0.25) is 0 Å². The largest absolute Gasteiger partial charge is 0.497 e. The Labute approximate surface area is 113 Å². The molecule has 0 aliphatic carbocycles. The summed E-state index contributed by atoms with van der Waals surface area (Å²) in [6.45, 7) is 5.36. The molecule has 1 aromatic heterocycles. The van der Waals surface area contributed by atoms with Gasteiger partial charge in [0.2, 0.25) is 0 Å². The normalized spacial score (nSPS) is 16.9. The predicted octanol–water partition coefficient (Wildman–Crippen LogP) is 2.53. The van der Waals surface area contributed by atoms with Gasteiger partial charge in [0, 0.05) is 18.5 Å². The van der Waals surface area contributed by atoms with Crippen molar-refractivity contribution in [3.63, 3.8) is 0 Å². The summed E-state index contributed by atoms with van der Waals surface area (Å²) in [6, 6.07) is 6.17. The van der Waals surface area contributed by atoms with E-state index in [0.717, 1.165) is 30.9 Å². The maximum absolute atomic E-state index is 5.29. The van der Waals surface area contributed by atoms with E-state index in [2.05, 4.69) is 22.9 Å². The molecule has 1 fully saturated rings. The molecule has 1 aliphatic rings. The van der Waals surface area contributed by atoms with Gasteiger partial charge in [0.15, 0.2) is 0 Å². The summed E-state index contributed by atoms with van der Waals surface area (Å²) in [4.78, 5) is 4.87. The van der Waals surface area contributed by atoms with Crippen molar-refractivity contribution in [1.82, 2.24) is 14.9 Å². The Morgan fingerprint density at radius 1 is 1.37 bits per heavy atom. The van der Waals surface area contributed by atoms with E-state index in [0.29, 0.717) is 5.92 Å². The lowest BCUT2D eigenvalue weighted by atomic mass is 9.97. The van der Waals surface area contributed by atoms with Crippen LogP contribution >= 0.6 is 0 Å². The predicted molar refractivity (Wildman–Crippen MR) is 76.8 cm³/mol. The highest BCUT2D eigenvalue weighted by molar-refractivity contribution is 5.78. The van der Waals surface area contributed by atoms with Gasteiger partial charge in [-0.15, -0.1) is 0 Å². The Morgan fingerprint density at radius 3 is 2.84 bits per heavy atom. The fourth-order valence-electron chi connectivity index (χ4n) is 2.98. The number of benzene rings is 1. The van der Waals surface area contributed by atoms with E-state index in [-0.39, 0.29) is 0 Å². The lowest BCUT2D eigenvalue weighted by Gasteiger charge is -2.22. The zero-order chi connectivity index (χ0) is 13.2. The van der Waals surface area contributed by atoms with Crippen LogP contribution in [0.2, 0.25) is 0 Å². The van der Waals surface area contributed by atoms with Crippen LogP contribution in [0.15, 0.2) is 18.2 Å². The highest BCUT2D eigenvalue weighted by Gasteiger charge is 2.21. The van der Waals surface area contributed by atoms with Crippen molar-refractivity contribution < 1.29 is 4.74 Å². The summed E-state index contributed by atoms with van der Waals surface area (Å²) < 4.78 is 7.64. The van der Waals surface area contributed by atoms with Crippen molar-refractivity contribution in [1.29, 1.82) is 0 Å². The van der Waals surface area contributed by atoms with Gasteiger partial charge in [-0.05, 0) is 45.0 Å². The molecule has 1 aromatic carbocycles. The second-order valence-electron chi connectivity index (χ2n) is 5.09. The molecule has 102 valence electrons. The van der Waals surface area contributed by atoms with Crippen LogP contribution in [-0.4, -0.2) is 29.8 Å². The molecule has 0 saturated carbocycles. The fourth-order valence-corrected chi connectivity index (χ4v) is 2.98. The molecule has 1 saturated heterocycles. The number of piperidine rings is 1. The highest BCUT2D eigenvalue weighted by atomic mass is 16.5. The zero-order valence-corrected chi connectivity index (χ0v) is 11.6. The van der Waals surface area contributed by atoms with E-state index in [1.54, 1.807) is 7.11 Å². The molecular weight excluding hydrogens is 238 g/mol. The first-order chi connectivity index (χ1) is 9.33. The first-order valence-corrected chi connectivity index (χ1v) is 7.08. The van der Waals surface area contributed by atoms with Crippen LogP contribution in [0.25, 0.3) is 11.0 Å². The molecule has 2 aromatic rings. The summed E-state index contributed by atoms with van der Waals surface area (Å²) in [5, 5.41) is 3.42. The quantitative estimate of drug-likeness (QED) is 0.920. The number of imidazole rings is 1. The van der Waals surface area contributed by atoms with Crippen LogP contribution in [-0.2, 0) is 6.54 Å². The zero-order valence-electron chi connectivity index (χ0n) is 11.6. The van der Waals surface area contributed by atoms with Gasteiger partial charge in [0.25, 0.3) is 0 Å². The first-order valence-electron chi connectivity index (χ1n) is 7.08. The SMILES string of the molecule is CCn1c(C2CCNCC2)nc2cc(OC)ccc21. The number of hydrogen-bond donors (Lipinski definition) is 1. The number of methoxy groups -OCH3 is 1. The fraction of sp³-hybridized carbons (Fsp3) is 0.533. The van der Waals surface area contributed by atoms with Crippen LogP contribution in [0.3, 0.4) is 0 Å². The molecule has 3 rings (SSSR count). The van der Waals surface area contributed by atoms with E-state index in [4.69, 9.17) is 9.72 Å². The second-order valence-corrected chi connectivity index (χ2v) is 5.09. The maximum atomic E-state index is 5.29. The van der Waals surface area contributed by atoms with Gasteiger partial charge < -0.3 is 14.6 Å². The number of rotatable bonds is 3. The molecule has 0 bridgehead atoms. The average Bonchev–Trinajstić information content (AvgIpc) is 2.85. The Balaban J connectivity index is 2.07. The molecule has 19 heavy (non-hydrogen) atoms. The number of aromatic nitrogens is 2. The van der Waals surface area contributed by atoms with E-state index < -0.39 is 0 Å². The first kappa shape index (κ1) is 12.5. The number of ether oxygens (including phenoxy) is 1. The van der Waals surface area contributed by atoms with Gasteiger partial charge >= 0.3 is 0 Å². The molecule has 4 nitrogen and oxygen atoms in total. The highest BCUT2D eigenvalue weighted by Crippen LogP contribution is 2.29. The van der Waals surface area contributed by atoms with Crippen LogP contribution < -0.4 is 10.1 Å². The van der Waals surface area contributed by atoms with Gasteiger partial charge in [0.1, 0.15) is 11.6 Å². The standard InChI is InChI=1S/C15H21N3O/c1-3-18-14-5-4-12(19-2)10-13(14)17-15(18)11-6-8-16-9-7-11/h4-5,10-11,16H,3,6-9H2,1-2H3. The van der Waals surface area contributed by atoms with Gasteiger partial charge in [0.05, 0.1) is 18.1 Å². The van der Waals surface area contributed by atoms with Crippen molar-refractivity contribution in [3.8, 4) is 5.75 Å². The second kappa shape index (κ2) is 5.21. The summed E-state index contributed by atoms with van der Waals surface area (Å²) in [6.07, 6.45) is 2.36. The van der Waals surface area contributed by atoms with Gasteiger partial charge in [-0.2, -0.15) is 0 Å².